The van der Waals surface area contributed by atoms with Crippen molar-refractivity contribution in [3.05, 3.63) is 11.3 Å². The van der Waals surface area contributed by atoms with Crippen LogP contribution < -0.4 is 5.73 Å². The van der Waals surface area contributed by atoms with Gasteiger partial charge in [0.05, 0.1) is 6.61 Å². The van der Waals surface area contributed by atoms with E-state index in [2.05, 4.69) is 10.2 Å². The van der Waals surface area contributed by atoms with Crippen LogP contribution in [0, 0.1) is 6.92 Å². The quantitative estimate of drug-likeness (QED) is 0.602. The molecule has 0 spiro atoms. The van der Waals surface area contributed by atoms with Gasteiger partial charge < -0.3 is 15.7 Å². The molecule has 0 bridgehead atoms. The molecule has 14 heavy (non-hydrogen) atoms. The van der Waals surface area contributed by atoms with E-state index in [0.29, 0.717) is 11.3 Å². The molecule has 6 heteroatoms. The summed E-state index contributed by atoms with van der Waals surface area (Å²) >= 11 is 0. The van der Waals surface area contributed by atoms with E-state index in [1.807, 2.05) is 0 Å². The molecule has 1 aromatic rings. The minimum atomic E-state index is -0.234. The highest BCUT2D eigenvalue weighted by Gasteiger charge is 2.19. The molecular weight excluding hydrogens is 184 g/mol. The third-order valence-corrected chi connectivity index (χ3v) is 1.97. The van der Waals surface area contributed by atoms with E-state index in [4.69, 9.17) is 10.8 Å². The lowest BCUT2D eigenvalue weighted by Gasteiger charge is -2.15. The molecule has 0 radical (unpaired) electrons. The molecule has 1 aromatic heterocycles. The molecule has 78 valence electrons. The summed E-state index contributed by atoms with van der Waals surface area (Å²) < 4.78 is 0. The second-order valence-electron chi connectivity index (χ2n) is 3.06. The monoisotopic (exact) mass is 198 g/mol. The van der Waals surface area contributed by atoms with Crippen LogP contribution in [-0.2, 0) is 0 Å². The number of aliphatic hydroxyl groups is 1. The topological polar surface area (TPSA) is 95.2 Å². The highest BCUT2D eigenvalue weighted by Crippen LogP contribution is 2.14. The van der Waals surface area contributed by atoms with E-state index in [-0.39, 0.29) is 24.9 Å². The van der Waals surface area contributed by atoms with Crippen LogP contribution in [-0.4, -0.2) is 46.3 Å². The number of aryl methyl sites for hydroxylation is 1. The fourth-order valence-corrected chi connectivity index (χ4v) is 1.16. The van der Waals surface area contributed by atoms with Crippen molar-refractivity contribution in [3.8, 4) is 0 Å². The first-order valence-corrected chi connectivity index (χ1v) is 4.24. The molecule has 1 heterocycles. The summed E-state index contributed by atoms with van der Waals surface area (Å²) in [6.07, 6.45) is 0. The van der Waals surface area contributed by atoms with Gasteiger partial charge in [0, 0.05) is 19.3 Å². The number of anilines is 1. The number of nitrogen functional groups attached to an aromatic ring is 1. The molecule has 0 fully saturated rings. The summed E-state index contributed by atoms with van der Waals surface area (Å²) in [4.78, 5) is 13.1. The van der Waals surface area contributed by atoms with E-state index in [1.165, 1.54) is 4.90 Å². The van der Waals surface area contributed by atoms with Gasteiger partial charge in [-0.25, -0.2) is 0 Å². The summed E-state index contributed by atoms with van der Waals surface area (Å²) in [5.41, 5.74) is 6.54. The fraction of sp³-hybridized carbons (Fsp3) is 0.500. The molecule has 0 aliphatic heterocycles. The number of nitrogens with two attached hydrogens (primary N) is 1. The third-order valence-electron chi connectivity index (χ3n) is 1.97. The molecule has 1 rings (SSSR count). The largest absolute Gasteiger partial charge is 0.395 e. The predicted molar refractivity (Wildman–Crippen MR) is 51.8 cm³/mol. The van der Waals surface area contributed by atoms with Crippen LogP contribution in [0.5, 0.6) is 0 Å². The van der Waals surface area contributed by atoms with Gasteiger partial charge in [-0.3, -0.25) is 9.89 Å². The Labute approximate surface area is 81.7 Å². The Bertz CT molecular complexity index is 315. The molecule has 1 amide bonds. The number of nitrogens with zero attached hydrogens (tertiary/aromatic N) is 2. The van der Waals surface area contributed by atoms with E-state index < -0.39 is 0 Å². The van der Waals surface area contributed by atoms with Gasteiger partial charge in [0.15, 0.2) is 5.82 Å². The number of hydrogen-bond acceptors (Lipinski definition) is 4. The van der Waals surface area contributed by atoms with Crippen molar-refractivity contribution >= 4 is 11.7 Å². The zero-order valence-electron chi connectivity index (χ0n) is 8.24. The number of aliphatic hydroxyl groups excluding tert-OH is 1. The van der Waals surface area contributed by atoms with Gasteiger partial charge in [-0.15, -0.1) is 0 Å². The maximum Gasteiger partial charge on any atom is 0.259 e. The number of amides is 1. The fourth-order valence-electron chi connectivity index (χ4n) is 1.16. The lowest BCUT2D eigenvalue weighted by atomic mass is 10.2. The molecule has 0 saturated carbocycles. The van der Waals surface area contributed by atoms with Crippen LogP contribution in [0.3, 0.4) is 0 Å². The normalized spacial score (nSPS) is 10.2. The number of likely N-dealkylation sites (N-methyl/N-ethyl adjacent to an activating group) is 1. The second kappa shape index (κ2) is 4.10. The number of hydrogen-bond donors (Lipinski definition) is 3. The predicted octanol–water partition coefficient (Wildman–Crippen LogP) is -0.635. The van der Waals surface area contributed by atoms with Crippen LogP contribution in [0.4, 0.5) is 5.82 Å². The lowest BCUT2D eigenvalue weighted by Crippen LogP contribution is -2.30. The Kier molecular flexibility index (Phi) is 3.08. The van der Waals surface area contributed by atoms with E-state index in [1.54, 1.807) is 14.0 Å². The van der Waals surface area contributed by atoms with Crippen LogP contribution >= 0.6 is 0 Å². The number of aromatic amines is 1. The summed E-state index contributed by atoms with van der Waals surface area (Å²) in [6, 6.07) is 0. The van der Waals surface area contributed by atoms with Crippen molar-refractivity contribution in [1.29, 1.82) is 0 Å². The minimum Gasteiger partial charge on any atom is -0.395 e. The maximum atomic E-state index is 11.7. The minimum absolute atomic E-state index is 0.0704. The summed E-state index contributed by atoms with van der Waals surface area (Å²) in [5, 5.41) is 15.0. The number of carbonyl (C=O) groups excluding carboxylic acids is 1. The molecular formula is C8H14N4O2. The Hall–Kier alpha value is -1.56. The molecule has 0 saturated heterocycles. The highest BCUT2D eigenvalue weighted by atomic mass is 16.3. The first-order chi connectivity index (χ1) is 6.57. The zero-order valence-corrected chi connectivity index (χ0v) is 8.24. The van der Waals surface area contributed by atoms with Crippen LogP contribution in [0.2, 0.25) is 0 Å². The van der Waals surface area contributed by atoms with Gasteiger partial charge >= 0.3 is 0 Å². The molecule has 0 aliphatic rings. The van der Waals surface area contributed by atoms with Crippen molar-refractivity contribution in [3.63, 3.8) is 0 Å². The van der Waals surface area contributed by atoms with Gasteiger partial charge in [0.2, 0.25) is 0 Å². The maximum absolute atomic E-state index is 11.7. The molecule has 0 atom stereocenters. The SMILES string of the molecule is Cc1[nH]nc(N)c1C(=O)N(C)CCO. The zero-order chi connectivity index (χ0) is 10.7. The Balaban J connectivity index is 2.88. The van der Waals surface area contributed by atoms with E-state index in [0.717, 1.165) is 0 Å². The van der Waals surface area contributed by atoms with Crippen molar-refractivity contribution in [2.45, 2.75) is 6.92 Å². The smallest absolute Gasteiger partial charge is 0.259 e. The summed E-state index contributed by atoms with van der Waals surface area (Å²) in [5.74, 6) is -0.0416. The average molecular weight is 198 g/mol. The van der Waals surface area contributed by atoms with Gasteiger partial charge in [0.1, 0.15) is 5.56 Å². The second-order valence-corrected chi connectivity index (χ2v) is 3.06. The van der Waals surface area contributed by atoms with Crippen molar-refractivity contribution < 1.29 is 9.90 Å². The number of rotatable bonds is 3. The third kappa shape index (κ3) is 1.85. The molecule has 4 N–H and O–H groups in total. The Morgan fingerprint density at radius 3 is 2.79 bits per heavy atom. The van der Waals surface area contributed by atoms with Gasteiger partial charge in [-0.2, -0.15) is 5.10 Å². The van der Waals surface area contributed by atoms with Crippen LogP contribution in [0.15, 0.2) is 0 Å². The Morgan fingerprint density at radius 2 is 2.36 bits per heavy atom. The number of nitrogens with one attached hydrogen (secondary N) is 1. The van der Waals surface area contributed by atoms with Crippen molar-refractivity contribution in [2.24, 2.45) is 0 Å². The van der Waals surface area contributed by atoms with E-state index in [9.17, 15) is 4.79 Å². The van der Waals surface area contributed by atoms with Gasteiger partial charge in [-0.05, 0) is 6.92 Å². The molecule has 6 nitrogen and oxygen atoms in total. The summed E-state index contributed by atoms with van der Waals surface area (Å²) in [6.45, 7) is 1.94. The molecule has 0 unspecified atom stereocenters. The van der Waals surface area contributed by atoms with Gasteiger partial charge in [0.25, 0.3) is 5.91 Å². The summed E-state index contributed by atoms with van der Waals surface area (Å²) in [7, 11) is 1.60. The molecule has 0 aliphatic carbocycles. The number of aromatic nitrogens is 2. The average Bonchev–Trinajstić information content (AvgIpc) is 2.46. The van der Waals surface area contributed by atoms with E-state index >= 15 is 0 Å². The van der Waals surface area contributed by atoms with Crippen molar-refractivity contribution in [2.75, 3.05) is 25.9 Å². The number of carbonyl (C=O) groups is 1. The first kappa shape index (κ1) is 10.5. The first-order valence-electron chi connectivity index (χ1n) is 4.24. The van der Waals surface area contributed by atoms with Gasteiger partial charge in [-0.1, -0.05) is 0 Å². The lowest BCUT2D eigenvalue weighted by molar-refractivity contribution is 0.0767. The molecule has 0 aromatic carbocycles. The number of H-pyrrole nitrogens is 1. The van der Waals surface area contributed by atoms with Crippen molar-refractivity contribution in [1.82, 2.24) is 15.1 Å². The highest BCUT2D eigenvalue weighted by molar-refractivity contribution is 5.99. The standard InChI is InChI=1S/C8H14N4O2/c1-5-6(7(9)11-10-5)8(14)12(2)3-4-13/h13H,3-4H2,1-2H3,(H3,9,10,11). The Morgan fingerprint density at radius 1 is 1.71 bits per heavy atom. The van der Waals surface area contributed by atoms with Crippen LogP contribution in [0.1, 0.15) is 16.1 Å². The van der Waals surface area contributed by atoms with Crippen LogP contribution in [0.25, 0.3) is 0 Å².